The molecule has 11 heavy (non-hydrogen) atoms. The van der Waals surface area contributed by atoms with E-state index in [1.807, 2.05) is 0 Å². The Morgan fingerprint density at radius 3 is 3.00 bits per heavy atom. The number of carbonyl (C=O) groups excluding carboxylic acids is 1. The van der Waals surface area contributed by atoms with Gasteiger partial charge < -0.3 is 15.4 Å². The fourth-order valence-corrected chi connectivity index (χ4v) is 1.30. The molecular formula is C7H14N2O2. The topological polar surface area (TPSA) is 55.6 Å². The Balaban J connectivity index is 2.39. The molecule has 1 fully saturated rings. The number of methoxy groups -OCH3 is 1. The van der Waals surface area contributed by atoms with Gasteiger partial charge in [-0.05, 0) is 12.8 Å². The van der Waals surface area contributed by atoms with Crippen molar-refractivity contribution in [1.82, 2.24) is 4.90 Å². The Kier molecular flexibility index (Phi) is 2.70. The van der Waals surface area contributed by atoms with Gasteiger partial charge in [0, 0.05) is 19.1 Å². The lowest BCUT2D eigenvalue weighted by Crippen LogP contribution is -2.45. The summed E-state index contributed by atoms with van der Waals surface area (Å²) in [6.07, 6.45) is 1.73. The number of rotatable bonds is 0. The Hall–Kier alpha value is -0.770. The second kappa shape index (κ2) is 3.57. The summed E-state index contributed by atoms with van der Waals surface area (Å²) < 4.78 is 4.57. The minimum absolute atomic E-state index is 0.128. The third-order valence-corrected chi connectivity index (χ3v) is 1.89. The molecule has 4 heteroatoms. The summed E-state index contributed by atoms with van der Waals surface area (Å²) in [5.74, 6) is 0. The van der Waals surface area contributed by atoms with Crippen molar-refractivity contribution in [3.05, 3.63) is 0 Å². The number of likely N-dealkylation sites (tertiary alicyclic amines) is 1. The van der Waals surface area contributed by atoms with E-state index in [4.69, 9.17) is 5.73 Å². The zero-order chi connectivity index (χ0) is 8.27. The highest BCUT2D eigenvalue weighted by Gasteiger charge is 2.20. The summed E-state index contributed by atoms with van der Waals surface area (Å²) in [5, 5.41) is 0. The average molecular weight is 158 g/mol. The molecule has 1 amide bonds. The first kappa shape index (κ1) is 8.33. The number of hydrogen-bond donors (Lipinski definition) is 1. The molecule has 4 nitrogen and oxygen atoms in total. The van der Waals surface area contributed by atoms with Gasteiger partial charge in [0.25, 0.3) is 0 Å². The van der Waals surface area contributed by atoms with Gasteiger partial charge in [-0.25, -0.2) is 4.79 Å². The van der Waals surface area contributed by atoms with E-state index < -0.39 is 0 Å². The van der Waals surface area contributed by atoms with Gasteiger partial charge in [-0.1, -0.05) is 0 Å². The van der Waals surface area contributed by atoms with Crippen LogP contribution in [0.4, 0.5) is 4.79 Å². The first-order valence-corrected chi connectivity index (χ1v) is 3.82. The first-order chi connectivity index (χ1) is 5.24. The summed E-state index contributed by atoms with van der Waals surface area (Å²) >= 11 is 0. The maximum absolute atomic E-state index is 11.0. The maximum Gasteiger partial charge on any atom is 0.409 e. The first-order valence-electron chi connectivity index (χ1n) is 3.82. The summed E-state index contributed by atoms with van der Waals surface area (Å²) in [7, 11) is 1.39. The average Bonchev–Trinajstić information content (AvgIpc) is 2.03. The smallest absolute Gasteiger partial charge is 0.409 e. The van der Waals surface area contributed by atoms with Crippen LogP contribution >= 0.6 is 0 Å². The maximum atomic E-state index is 11.0. The Labute approximate surface area is 66.3 Å². The number of piperidine rings is 1. The molecule has 0 radical (unpaired) electrons. The molecular weight excluding hydrogens is 144 g/mol. The molecule has 0 aromatic carbocycles. The molecule has 0 unspecified atom stereocenters. The number of nitrogens with zero attached hydrogens (tertiary/aromatic N) is 1. The molecule has 1 heterocycles. The van der Waals surface area contributed by atoms with Crippen LogP contribution in [-0.4, -0.2) is 37.2 Å². The van der Waals surface area contributed by atoms with Crippen LogP contribution in [0.25, 0.3) is 0 Å². The zero-order valence-electron chi connectivity index (χ0n) is 6.75. The molecule has 64 valence electrons. The fraction of sp³-hybridized carbons (Fsp3) is 0.857. The van der Waals surface area contributed by atoms with Crippen molar-refractivity contribution in [2.45, 2.75) is 18.9 Å². The highest BCUT2D eigenvalue weighted by Crippen LogP contribution is 2.08. The van der Waals surface area contributed by atoms with Crippen molar-refractivity contribution in [3.63, 3.8) is 0 Å². The molecule has 1 aliphatic heterocycles. The largest absolute Gasteiger partial charge is 0.453 e. The number of ether oxygens (including phenoxy) is 1. The van der Waals surface area contributed by atoms with Gasteiger partial charge in [0.1, 0.15) is 0 Å². The van der Waals surface area contributed by atoms with Gasteiger partial charge in [0.05, 0.1) is 7.11 Å². The van der Waals surface area contributed by atoms with Crippen molar-refractivity contribution >= 4 is 6.09 Å². The van der Waals surface area contributed by atoms with E-state index in [2.05, 4.69) is 4.74 Å². The number of nitrogens with two attached hydrogens (primary N) is 1. The Bertz CT molecular complexity index is 149. The van der Waals surface area contributed by atoms with Crippen LogP contribution in [0.15, 0.2) is 0 Å². The monoisotopic (exact) mass is 158 g/mol. The van der Waals surface area contributed by atoms with Crippen LogP contribution in [0.3, 0.4) is 0 Å². The van der Waals surface area contributed by atoms with Crippen LogP contribution in [0.5, 0.6) is 0 Å². The summed E-state index contributed by atoms with van der Waals surface area (Å²) in [5.41, 5.74) is 5.67. The highest BCUT2D eigenvalue weighted by atomic mass is 16.5. The zero-order valence-corrected chi connectivity index (χ0v) is 6.75. The predicted octanol–water partition coefficient (Wildman–Crippen LogP) is 0.176. The standard InChI is InChI=1S/C7H14N2O2/c1-11-7(10)9-4-2-3-6(8)5-9/h6H,2-5,8H2,1H3/t6-/m0/s1. The third-order valence-electron chi connectivity index (χ3n) is 1.89. The number of carbonyl (C=O) groups is 1. The minimum Gasteiger partial charge on any atom is -0.453 e. The molecule has 1 saturated heterocycles. The number of hydrogen-bond acceptors (Lipinski definition) is 3. The number of amides is 1. The molecule has 1 atom stereocenters. The molecule has 0 aromatic heterocycles. The lowest BCUT2D eigenvalue weighted by Gasteiger charge is -2.29. The third kappa shape index (κ3) is 2.08. The van der Waals surface area contributed by atoms with E-state index in [1.165, 1.54) is 7.11 Å². The van der Waals surface area contributed by atoms with Crippen LogP contribution in [0.2, 0.25) is 0 Å². The van der Waals surface area contributed by atoms with Crippen molar-refractivity contribution in [2.24, 2.45) is 5.73 Å². The van der Waals surface area contributed by atoms with E-state index in [0.717, 1.165) is 19.4 Å². The molecule has 1 aliphatic rings. The van der Waals surface area contributed by atoms with E-state index in [1.54, 1.807) is 4.90 Å². The van der Waals surface area contributed by atoms with E-state index in [9.17, 15) is 4.79 Å². The van der Waals surface area contributed by atoms with Crippen LogP contribution in [0, 0.1) is 0 Å². The van der Waals surface area contributed by atoms with Gasteiger partial charge in [-0.3, -0.25) is 0 Å². The summed E-state index contributed by atoms with van der Waals surface area (Å²) in [6, 6.07) is 0.128. The molecule has 0 aliphatic carbocycles. The van der Waals surface area contributed by atoms with Crippen LogP contribution < -0.4 is 5.73 Å². The summed E-state index contributed by atoms with van der Waals surface area (Å²) in [6.45, 7) is 1.41. The molecule has 2 N–H and O–H groups in total. The van der Waals surface area contributed by atoms with Gasteiger partial charge in [-0.15, -0.1) is 0 Å². The van der Waals surface area contributed by atoms with Crippen LogP contribution in [-0.2, 0) is 4.74 Å². The van der Waals surface area contributed by atoms with Gasteiger partial charge in [0.15, 0.2) is 0 Å². The van der Waals surface area contributed by atoms with Crippen LogP contribution in [0.1, 0.15) is 12.8 Å². The second-order valence-electron chi connectivity index (χ2n) is 2.82. The van der Waals surface area contributed by atoms with Crippen molar-refractivity contribution in [3.8, 4) is 0 Å². The van der Waals surface area contributed by atoms with Crippen molar-refractivity contribution in [2.75, 3.05) is 20.2 Å². The molecule has 0 aromatic rings. The lowest BCUT2D eigenvalue weighted by molar-refractivity contribution is 0.111. The van der Waals surface area contributed by atoms with Crippen molar-refractivity contribution < 1.29 is 9.53 Å². The van der Waals surface area contributed by atoms with Gasteiger partial charge in [-0.2, -0.15) is 0 Å². The van der Waals surface area contributed by atoms with E-state index >= 15 is 0 Å². The lowest BCUT2D eigenvalue weighted by atomic mass is 10.1. The normalized spacial score (nSPS) is 24.9. The Morgan fingerprint density at radius 2 is 2.45 bits per heavy atom. The van der Waals surface area contributed by atoms with Gasteiger partial charge >= 0.3 is 6.09 Å². The molecule has 0 spiro atoms. The summed E-state index contributed by atoms with van der Waals surface area (Å²) in [4.78, 5) is 12.6. The fourth-order valence-electron chi connectivity index (χ4n) is 1.30. The van der Waals surface area contributed by atoms with E-state index in [-0.39, 0.29) is 12.1 Å². The van der Waals surface area contributed by atoms with Crippen molar-refractivity contribution in [1.29, 1.82) is 0 Å². The molecule has 0 bridgehead atoms. The minimum atomic E-state index is -0.264. The second-order valence-corrected chi connectivity index (χ2v) is 2.82. The molecule has 1 rings (SSSR count). The van der Waals surface area contributed by atoms with Gasteiger partial charge in [0.2, 0.25) is 0 Å². The highest BCUT2D eigenvalue weighted by molar-refractivity contribution is 5.67. The molecule has 0 saturated carbocycles. The quantitative estimate of drug-likeness (QED) is 0.547. The Morgan fingerprint density at radius 1 is 1.73 bits per heavy atom. The van der Waals surface area contributed by atoms with E-state index in [0.29, 0.717) is 6.54 Å². The SMILES string of the molecule is COC(=O)N1CCC[C@H](N)C1. The predicted molar refractivity (Wildman–Crippen MR) is 41.2 cm³/mol.